The molecule has 3 aromatic carbocycles. The van der Waals surface area contributed by atoms with E-state index in [1.165, 1.54) is 24.2 Å². The van der Waals surface area contributed by atoms with E-state index in [4.69, 9.17) is 4.74 Å². The lowest BCUT2D eigenvalue weighted by molar-refractivity contribution is -0.123. The van der Waals surface area contributed by atoms with Crippen LogP contribution in [0.3, 0.4) is 0 Å². The quantitative estimate of drug-likeness (QED) is 0.140. The Morgan fingerprint density at radius 2 is 1.54 bits per heavy atom. The van der Waals surface area contributed by atoms with E-state index in [1.807, 2.05) is 49.3 Å². The number of Topliss-reactive ketones (excluding diaryl/α,β-unsaturated/α-hetero) is 1. The Kier molecular flexibility index (Phi) is 7.66. The summed E-state index contributed by atoms with van der Waals surface area (Å²) < 4.78 is 5.23. The average molecular weight is 643 g/mol. The molecular weight excluding hydrogens is 608 g/mol. The van der Waals surface area contributed by atoms with Crippen molar-refractivity contribution in [3.05, 3.63) is 107 Å². The predicted molar refractivity (Wildman–Crippen MR) is 180 cm³/mol. The number of ether oxygens (including phenoxy) is 1. The Morgan fingerprint density at radius 1 is 0.875 bits per heavy atom. The number of fused-ring (bicyclic) bond motifs is 3. The highest BCUT2D eigenvalue weighted by molar-refractivity contribution is 6.25. The van der Waals surface area contributed by atoms with Crippen LogP contribution in [0.5, 0.6) is 11.5 Å². The van der Waals surface area contributed by atoms with Crippen LogP contribution < -0.4 is 14.5 Å². The number of hydrogen-bond acceptors (Lipinski definition) is 9. The molecule has 1 aliphatic heterocycles. The largest absolute Gasteiger partial charge is 0.504 e. The summed E-state index contributed by atoms with van der Waals surface area (Å²) in [5.41, 5.74) is 5.24. The number of methoxy groups -OCH3 is 1. The van der Waals surface area contributed by atoms with Crippen molar-refractivity contribution in [2.24, 2.45) is 28.0 Å². The molecule has 3 aliphatic carbocycles. The lowest BCUT2D eigenvalue weighted by atomic mass is 9.59. The van der Waals surface area contributed by atoms with Gasteiger partial charge in [0.25, 0.3) is 0 Å². The van der Waals surface area contributed by atoms with Crippen molar-refractivity contribution in [1.29, 1.82) is 0 Å². The number of rotatable bonds is 6. The van der Waals surface area contributed by atoms with Gasteiger partial charge in [0.15, 0.2) is 23.1 Å². The maximum absolute atomic E-state index is 14.2. The number of imide groups is 1. The summed E-state index contributed by atoms with van der Waals surface area (Å²) in [5, 5.41) is 19.3. The van der Waals surface area contributed by atoms with Gasteiger partial charge >= 0.3 is 0 Å². The first-order valence-corrected chi connectivity index (χ1v) is 15.8. The molecule has 1 N–H and O–H groups in total. The van der Waals surface area contributed by atoms with Crippen molar-refractivity contribution in [1.82, 2.24) is 0 Å². The van der Waals surface area contributed by atoms with Crippen molar-refractivity contribution in [2.45, 2.75) is 25.7 Å². The molecule has 0 radical (unpaired) electrons. The van der Waals surface area contributed by atoms with Crippen LogP contribution in [0.15, 0.2) is 111 Å². The molecule has 0 saturated carbocycles. The minimum absolute atomic E-state index is 0.0987. The summed E-state index contributed by atoms with van der Waals surface area (Å²) in [6.07, 6.45) is 3.81. The van der Waals surface area contributed by atoms with E-state index in [1.54, 1.807) is 43.3 Å². The highest BCUT2D eigenvalue weighted by atomic mass is 16.5. The van der Waals surface area contributed by atoms with Gasteiger partial charge in [0.05, 0.1) is 36.0 Å². The molecule has 0 bridgehead atoms. The van der Waals surface area contributed by atoms with Gasteiger partial charge in [-0.2, -0.15) is 10.2 Å². The van der Waals surface area contributed by atoms with Crippen LogP contribution in [-0.4, -0.2) is 49.7 Å². The van der Waals surface area contributed by atoms with Gasteiger partial charge in [-0.25, -0.2) is 0 Å². The number of aromatic hydroxyl groups is 1. The predicted octanol–water partition coefficient (Wildman–Crippen LogP) is 6.52. The summed E-state index contributed by atoms with van der Waals surface area (Å²) >= 11 is 0. The summed E-state index contributed by atoms with van der Waals surface area (Å²) in [5.74, 6) is -3.40. The van der Waals surface area contributed by atoms with Crippen LogP contribution in [0, 0.1) is 17.8 Å². The number of phenols is 1. The van der Waals surface area contributed by atoms with Crippen LogP contribution in [0.4, 0.5) is 22.7 Å². The maximum Gasteiger partial charge on any atom is 0.238 e. The highest BCUT2D eigenvalue weighted by Gasteiger charge is 2.56. The molecule has 242 valence electrons. The van der Waals surface area contributed by atoms with E-state index in [0.717, 1.165) is 11.3 Å². The van der Waals surface area contributed by atoms with Crippen molar-refractivity contribution >= 4 is 46.1 Å². The minimum atomic E-state index is -0.709. The fourth-order valence-electron chi connectivity index (χ4n) is 7.50. The number of anilines is 2. The second kappa shape index (κ2) is 11.9. The lowest BCUT2D eigenvalue weighted by Gasteiger charge is -2.42. The number of carbonyl (C=O) groups excluding carboxylic acids is 4. The van der Waals surface area contributed by atoms with Gasteiger partial charge in [-0.05, 0) is 98.0 Å². The van der Waals surface area contributed by atoms with E-state index in [2.05, 4.69) is 10.2 Å². The topological polar surface area (TPSA) is 129 Å². The van der Waals surface area contributed by atoms with Crippen molar-refractivity contribution in [2.75, 3.05) is 31.0 Å². The second-order valence-corrected chi connectivity index (χ2v) is 12.8. The molecule has 48 heavy (non-hydrogen) atoms. The molecule has 2 amide bonds. The number of azo groups is 1. The Balaban J connectivity index is 1.19. The third-order valence-corrected chi connectivity index (χ3v) is 9.85. The zero-order valence-electron chi connectivity index (χ0n) is 27.0. The normalized spacial score (nSPS) is 23.5. The number of benzene rings is 3. The highest BCUT2D eigenvalue weighted by Crippen LogP contribution is 2.56. The van der Waals surface area contributed by atoms with Crippen molar-refractivity contribution < 1.29 is 29.0 Å². The third-order valence-electron chi connectivity index (χ3n) is 9.85. The van der Waals surface area contributed by atoms with Crippen molar-refractivity contribution in [3.63, 3.8) is 0 Å². The van der Waals surface area contributed by atoms with Crippen LogP contribution in [0.1, 0.15) is 31.2 Å². The van der Waals surface area contributed by atoms with Crippen LogP contribution in [0.2, 0.25) is 0 Å². The van der Waals surface area contributed by atoms with Gasteiger partial charge in [0.1, 0.15) is 0 Å². The van der Waals surface area contributed by atoms with E-state index in [0.29, 0.717) is 45.8 Å². The number of phenolic OH excluding ortho intramolecular Hbond substituents is 1. The van der Waals surface area contributed by atoms with Gasteiger partial charge in [-0.15, -0.1) is 0 Å². The molecular formula is C38H34N4O6. The molecule has 4 aliphatic rings. The fourth-order valence-corrected chi connectivity index (χ4v) is 7.50. The van der Waals surface area contributed by atoms with Gasteiger partial charge < -0.3 is 14.7 Å². The number of carbonyl (C=O) groups is 4. The SMILES string of the molecule is COc1ccc([C@H]2C3=CC[C@@H]4C(=O)N(c5ccc(N=Nc6ccc(N(C)C)cc6)cc5)C(=O)[C@@H]4[C@@H]3CC3=C2C(=O)C=C(C)C3=O)cc1O. The number of hydrogen-bond donors (Lipinski definition) is 1. The smallest absolute Gasteiger partial charge is 0.238 e. The van der Waals surface area contributed by atoms with E-state index < -0.39 is 23.7 Å². The monoisotopic (exact) mass is 642 g/mol. The number of ketones is 2. The summed E-state index contributed by atoms with van der Waals surface area (Å²) in [6, 6.07) is 19.4. The minimum Gasteiger partial charge on any atom is -0.504 e. The molecule has 0 aromatic heterocycles. The molecule has 1 saturated heterocycles. The van der Waals surface area contributed by atoms with Crippen LogP contribution >= 0.6 is 0 Å². The Labute approximate surface area is 277 Å². The van der Waals surface area contributed by atoms with Gasteiger partial charge in [-0.1, -0.05) is 17.7 Å². The van der Waals surface area contributed by atoms with Crippen molar-refractivity contribution in [3.8, 4) is 11.5 Å². The molecule has 4 atom stereocenters. The number of amides is 2. The summed E-state index contributed by atoms with van der Waals surface area (Å²) in [4.78, 5) is 58.3. The second-order valence-electron chi connectivity index (χ2n) is 12.8. The summed E-state index contributed by atoms with van der Waals surface area (Å²) in [6.45, 7) is 1.61. The Bertz CT molecular complexity index is 2010. The average Bonchev–Trinajstić information content (AvgIpc) is 3.34. The van der Waals surface area contributed by atoms with E-state index in [9.17, 15) is 24.3 Å². The van der Waals surface area contributed by atoms with E-state index >= 15 is 0 Å². The zero-order valence-corrected chi connectivity index (χ0v) is 27.0. The molecule has 1 fully saturated rings. The van der Waals surface area contributed by atoms with Gasteiger partial charge in [-0.3, -0.25) is 24.1 Å². The third kappa shape index (κ3) is 5.04. The summed E-state index contributed by atoms with van der Waals surface area (Å²) in [7, 11) is 5.37. The number of allylic oxidation sites excluding steroid dienone is 6. The molecule has 1 heterocycles. The number of nitrogens with zero attached hydrogens (tertiary/aromatic N) is 4. The maximum atomic E-state index is 14.2. The first-order valence-electron chi connectivity index (χ1n) is 15.8. The van der Waals surface area contributed by atoms with E-state index in [-0.39, 0.29) is 41.3 Å². The molecule has 0 unspecified atom stereocenters. The van der Waals surface area contributed by atoms with Crippen LogP contribution in [0.25, 0.3) is 0 Å². The lowest BCUT2D eigenvalue weighted by Crippen LogP contribution is -2.39. The van der Waals surface area contributed by atoms with Crippen LogP contribution in [-0.2, 0) is 19.2 Å². The molecule has 0 spiro atoms. The standard InChI is InChI=1S/C38H34N4O6/c1-20-17-31(44)35-29(36(20)45)19-28-26(33(35)21-5-16-32(48-4)30(43)18-21)14-15-27-34(28)38(47)42(37(27)46)25-12-8-23(9-13-25)40-39-22-6-10-24(11-7-22)41(2)3/h5-14,16-18,27-28,33-34,43H,15,19H2,1-4H3/t27-,28+,33-,34-/m0/s1. The molecule has 10 nitrogen and oxygen atoms in total. The Hall–Kier alpha value is -5.64. The van der Waals surface area contributed by atoms with Gasteiger partial charge in [0, 0.05) is 42.4 Å². The fraction of sp³-hybridized carbons (Fsp3) is 0.263. The first-order chi connectivity index (χ1) is 23.1. The molecule has 10 heteroatoms. The van der Waals surface area contributed by atoms with Gasteiger partial charge in [0.2, 0.25) is 11.8 Å². The Morgan fingerprint density at radius 3 is 2.17 bits per heavy atom. The first kappa shape index (κ1) is 31.0. The molecule has 3 aromatic rings. The zero-order chi connectivity index (χ0) is 33.9. The molecule has 7 rings (SSSR count).